The lowest BCUT2D eigenvalue weighted by molar-refractivity contribution is 0.196. The molecule has 0 saturated carbocycles. The number of aromatic nitrogens is 2. The molecule has 7 heteroatoms. The molecule has 1 aromatic carbocycles. The summed E-state index contributed by atoms with van der Waals surface area (Å²) in [4.78, 5) is 24.2. The van der Waals surface area contributed by atoms with Crippen molar-refractivity contribution < 1.29 is 9.47 Å². The number of H-pyrrole nitrogens is 1. The molecule has 0 fully saturated rings. The lowest BCUT2D eigenvalue weighted by Gasteiger charge is -2.23. The lowest BCUT2D eigenvalue weighted by Crippen LogP contribution is -2.29. The van der Waals surface area contributed by atoms with Gasteiger partial charge in [-0.15, -0.1) is 11.3 Å². The van der Waals surface area contributed by atoms with Gasteiger partial charge in [-0.25, -0.2) is 4.98 Å². The first-order valence-electron chi connectivity index (χ1n) is 8.87. The second kappa shape index (κ2) is 8.10. The predicted octanol–water partition coefficient (Wildman–Crippen LogP) is 3.68. The van der Waals surface area contributed by atoms with Gasteiger partial charge in [0.25, 0.3) is 5.56 Å². The summed E-state index contributed by atoms with van der Waals surface area (Å²) in [5.74, 6) is 2.28. The summed E-state index contributed by atoms with van der Waals surface area (Å²) in [6.45, 7) is 7.27. The van der Waals surface area contributed by atoms with Gasteiger partial charge in [-0.3, -0.25) is 9.69 Å². The second-order valence-corrected chi connectivity index (χ2v) is 7.80. The van der Waals surface area contributed by atoms with Crippen molar-refractivity contribution in [1.29, 1.82) is 0 Å². The second-order valence-electron chi connectivity index (χ2n) is 6.60. The monoisotopic (exact) mass is 387 g/mol. The zero-order valence-corrected chi connectivity index (χ0v) is 17.1. The highest BCUT2D eigenvalue weighted by Gasteiger charge is 2.18. The fourth-order valence-electron chi connectivity index (χ4n) is 2.85. The molecular weight excluding hydrogens is 362 g/mol. The Labute approximate surface area is 162 Å². The van der Waals surface area contributed by atoms with Crippen LogP contribution in [0.4, 0.5) is 0 Å². The minimum Gasteiger partial charge on any atom is -0.497 e. The highest BCUT2D eigenvalue weighted by molar-refractivity contribution is 7.18. The minimum atomic E-state index is -0.0633. The number of aromatic amines is 1. The van der Waals surface area contributed by atoms with Crippen molar-refractivity contribution in [1.82, 2.24) is 14.9 Å². The number of fused-ring (bicyclic) bond motifs is 1. The van der Waals surface area contributed by atoms with Crippen molar-refractivity contribution in [2.45, 2.75) is 26.8 Å². The molecule has 1 N–H and O–H groups in total. The molecule has 0 unspecified atom stereocenters. The van der Waals surface area contributed by atoms with Crippen LogP contribution in [0.5, 0.6) is 11.5 Å². The van der Waals surface area contributed by atoms with Crippen LogP contribution < -0.4 is 15.0 Å². The molecular formula is C20H25N3O3S. The summed E-state index contributed by atoms with van der Waals surface area (Å²) in [5.41, 5.74) is 0.954. The van der Waals surface area contributed by atoms with Gasteiger partial charge in [-0.2, -0.15) is 0 Å². The first-order valence-corrected chi connectivity index (χ1v) is 9.69. The summed E-state index contributed by atoms with van der Waals surface area (Å²) in [6.07, 6.45) is 0. The van der Waals surface area contributed by atoms with Gasteiger partial charge in [-0.05, 0) is 57.6 Å². The van der Waals surface area contributed by atoms with Gasteiger partial charge in [0.15, 0.2) is 0 Å². The first kappa shape index (κ1) is 19.4. The van der Waals surface area contributed by atoms with Gasteiger partial charge >= 0.3 is 0 Å². The largest absolute Gasteiger partial charge is 0.497 e. The Morgan fingerprint density at radius 1 is 1.22 bits per heavy atom. The minimum absolute atomic E-state index is 0.0238. The molecule has 0 radical (unpaired) electrons. The lowest BCUT2D eigenvalue weighted by atomic mass is 10.2. The molecule has 0 spiro atoms. The smallest absolute Gasteiger partial charge is 0.259 e. The fraction of sp³-hybridized carbons (Fsp3) is 0.400. The van der Waals surface area contributed by atoms with Crippen LogP contribution in [0.2, 0.25) is 0 Å². The third-order valence-corrected chi connectivity index (χ3v) is 5.99. The van der Waals surface area contributed by atoms with E-state index in [1.165, 1.54) is 0 Å². The molecule has 0 aliphatic rings. The summed E-state index contributed by atoms with van der Waals surface area (Å²) in [7, 11) is 3.64. The normalized spacial score (nSPS) is 12.5. The molecule has 3 aromatic rings. The Morgan fingerprint density at radius 3 is 2.56 bits per heavy atom. The van der Waals surface area contributed by atoms with Gasteiger partial charge in [0.1, 0.15) is 28.8 Å². The van der Waals surface area contributed by atoms with Gasteiger partial charge in [0.2, 0.25) is 0 Å². The van der Waals surface area contributed by atoms with E-state index >= 15 is 0 Å². The Bertz CT molecular complexity index is 979. The van der Waals surface area contributed by atoms with E-state index in [9.17, 15) is 4.79 Å². The molecule has 0 bridgehead atoms. The van der Waals surface area contributed by atoms with Crippen molar-refractivity contribution in [2.24, 2.45) is 0 Å². The SMILES string of the molecule is COc1ccc(OCCN(C)[C@H](C)c2nc3sc(C)c(C)c3c(=O)[nH]2)cc1. The number of ether oxygens (including phenoxy) is 2. The number of rotatable bonds is 7. The fourth-order valence-corrected chi connectivity index (χ4v) is 3.89. The molecule has 0 amide bonds. The summed E-state index contributed by atoms with van der Waals surface area (Å²) < 4.78 is 10.9. The summed E-state index contributed by atoms with van der Waals surface area (Å²) in [6, 6.07) is 7.49. The quantitative estimate of drug-likeness (QED) is 0.670. The maximum atomic E-state index is 12.5. The Balaban J connectivity index is 1.65. The molecule has 2 aromatic heterocycles. The number of hydrogen-bond donors (Lipinski definition) is 1. The van der Waals surface area contributed by atoms with Crippen LogP contribution in [0.25, 0.3) is 10.2 Å². The van der Waals surface area contributed by atoms with Crippen LogP contribution in [0, 0.1) is 13.8 Å². The summed E-state index contributed by atoms with van der Waals surface area (Å²) >= 11 is 1.57. The predicted molar refractivity (Wildman–Crippen MR) is 109 cm³/mol. The number of aryl methyl sites for hydroxylation is 2. The number of hydrogen-bond acceptors (Lipinski definition) is 6. The van der Waals surface area contributed by atoms with Crippen molar-refractivity contribution in [3.63, 3.8) is 0 Å². The number of benzene rings is 1. The number of likely N-dealkylation sites (N-methyl/N-ethyl adjacent to an activating group) is 1. The molecule has 27 heavy (non-hydrogen) atoms. The number of nitrogens with one attached hydrogen (secondary N) is 1. The standard InChI is InChI=1S/C20H25N3O3S/c1-12-14(3)27-20-17(12)19(24)21-18(22-20)13(2)23(4)10-11-26-16-8-6-15(25-5)7-9-16/h6-9,13H,10-11H2,1-5H3,(H,21,22,24)/t13-/m1/s1. The average molecular weight is 388 g/mol. The molecule has 0 aliphatic carbocycles. The van der Waals surface area contributed by atoms with E-state index in [4.69, 9.17) is 14.5 Å². The third kappa shape index (κ3) is 4.14. The van der Waals surface area contributed by atoms with E-state index in [2.05, 4.69) is 9.88 Å². The van der Waals surface area contributed by atoms with Crippen molar-refractivity contribution in [3.05, 3.63) is 50.9 Å². The van der Waals surface area contributed by atoms with Gasteiger partial charge in [0.05, 0.1) is 18.5 Å². The number of thiophene rings is 1. The van der Waals surface area contributed by atoms with Gasteiger partial charge in [0, 0.05) is 11.4 Å². The summed E-state index contributed by atoms with van der Waals surface area (Å²) in [5, 5.41) is 0.707. The number of methoxy groups -OCH3 is 1. The zero-order chi connectivity index (χ0) is 19.6. The molecule has 2 heterocycles. The first-order chi connectivity index (χ1) is 12.9. The maximum absolute atomic E-state index is 12.5. The molecule has 1 atom stereocenters. The Morgan fingerprint density at radius 2 is 1.89 bits per heavy atom. The van der Waals surface area contributed by atoms with Crippen LogP contribution >= 0.6 is 11.3 Å². The van der Waals surface area contributed by atoms with Gasteiger partial charge in [-0.1, -0.05) is 0 Å². The van der Waals surface area contributed by atoms with Crippen LogP contribution in [0.3, 0.4) is 0 Å². The van der Waals surface area contributed by atoms with Gasteiger partial charge < -0.3 is 14.5 Å². The van der Waals surface area contributed by atoms with Crippen LogP contribution in [0.1, 0.15) is 29.2 Å². The topological polar surface area (TPSA) is 67.5 Å². The molecule has 0 saturated heterocycles. The van der Waals surface area contributed by atoms with E-state index in [1.807, 2.05) is 52.1 Å². The molecule has 144 valence electrons. The van der Waals surface area contributed by atoms with Crippen molar-refractivity contribution in [2.75, 3.05) is 27.3 Å². The van der Waals surface area contributed by atoms with E-state index < -0.39 is 0 Å². The van der Waals surface area contributed by atoms with Crippen LogP contribution in [0.15, 0.2) is 29.1 Å². The average Bonchev–Trinajstić information content (AvgIpc) is 2.95. The Hall–Kier alpha value is -2.38. The molecule has 3 rings (SSSR count). The Kier molecular flexibility index (Phi) is 5.82. The molecule has 0 aliphatic heterocycles. The van der Waals surface area contributed by atoms with E-state index in [1.54, 1.807) is 18.4 Å². The van der Waals surface area contributed by atoms with E-state index in [0.29, 0.717) is 24.4 Å². The van der Waals surface area contributed by atoms with E-state index in [0.717, 1.165) is 26.8 Å². The highest BCUT2D eigenvalue weighted by atomic mass is 32.1. The zero-order valence-electron chi connectivity index (χ0n) is 16.3. The van der Waals surface area contributed by atoms with Crippen molar-refractivity contribution in [3.8, 4) is 11.5 Å². The number of nitrogens with zero attached hydrogens (tertiary/aromatic N) is 2. The van der Waals surface area contributed by atoms with Crippen molar-refractivity contribution >= 4 is 21.6 Å². The maximum Gasteiger partial charge on any atom is 0.259 e. The van der Waals surface area contributed by atoms with Crippen LogP contribution in [-0.2, 0) is 0 Å². The van der Waals surface area contributed by atoms with Crippen LogP contribution in [-0.4, -0.2) is 42.2 Å². The molecule has 6 nitrogen and oxygen atoms in total. The third-order valence-electron chi connectivity index (χ3n) is 4.89. The highest BCUT2D eigenvalue weighted by Crippen LogP contribution is 2.27. The van der Waals surface area contributed by atoms with E-state index in [-0.39, 0.29) is 11.6 Å².